The molecule has 1 unspecified atom stereocenters. The van der Waals surface area contributed by atoms with Crippen LogP contribution in [0.15, 0.2) is 22.8 Å². The smallest absolute Gasteiger partial charge is 0.104 e. The van der Waals surface area contributed by atoms with Crippen molar-refractivity contribution in [1.82, 2.24) is 5.32 Å². The molecule has 0 amide bonds. The van der Waals surface area contributed by atoms with E-state index in [1.165, 1.54) is 12.8 Å². The molecule has 0 bridgehead atoms. The minimum Gasteiger partial charge on any atom is -0.469 e. The lowest BCUT2D eigenvalue weighted by Gasteiger charge is -2.36. The van der Waals surface area contributed by atoms with Gasteiger partial charge in [-0.2, -0.15) is 0 Å². The van der Waals surface area contributed by atoms with E-state index < -0.39 is 0 Å². The zero-order valence-corrected chi connectivity index (χ0v) is 9.05. The van der Waals surface area contributed by atoms with Crippen LogP contribution in [0.25, 0.3) is 0 Å². The Hall–Kier alpha value is -0.760. The van der Waals surface area contributed by atoms with Gasteiger partial charge in [-0.05, 0) is 51.3 Å². The van der Waals surface area contributed by atoms with E-state index in [4.69, 9.17) is 4.42 Å². The zero-order valence-electron chi connectivity index (χ0n) is 9.05. The minimum atomic E-state index is 0.301. The molecule has 14 heavy (non-hydrogen) atoms. The van der Waals surface area contributed by atoms with Crippen molar-refractivity contribution in [2.24, 2.45) is 5.92 Å². The summed E-state index contributed by atoms with van der Waals surface area (Å²) >= 11 is 0. The van der Waals surface area contributed by atoms with E-state index in [0.29, 0.717) is 5.54 Å². The van der Waals surface area contributed by atoms with Crippen LogP contribution in [0, 0.1) is 5.92 Å². The molecule has 0 saturated carbocycles. The van der Waals surface area contributed by atoms with Gasteiger partial charge < -0.3 is 9.73 Å². The lowest BCUT2D eigenvalue weighted by atomic mass is 9.82. The molecular formula is C12H19NO. The van der Waals surface area contributed by atoms with Gasteiger partial charge in [0.1, 0.15) is 5.76 Å². The van der Waals surface area contributed by atoms with Crippen LogP contribution in [0.3, 0.4) is 0 Å². The van der Waals surface area contributed by atoms with Crippen molar-refractivity contribution in [3.05, 3.63) is 24.2 Å². The normalized spacial score (nSPS) is 26.3. The summed E-state index contributed by atoms with van der Waals surface area (Å²) in [7, 11) is 0. The largest absolute Gasteiger partial charge is 0.469 e. The third-order valence-electron chi connectivity index (χ3n) is 3.03. The average Bonchev–Trinajstić information content (AvgIpc) is 2.54. The second-order valence-electron chi connectivity index (χ2n) is 4.95. The van der Waals surface area contributed by atoms with E-state index in [-0.39, 0.29) is 0 Å². The third-order valence-corrected chi connectivity index (χ3v) is 3.03. The summed E-state index contributed by atoms with van der Waals surface area (Å²) in [5.41, 5.74) is 0.301. The van der Waals surface area contributed by atoms with E-state index in [0.717, 1.165) is 24.6 Å². The molecule has 1 fully saturated rings. The van der Waals surface area contributed by atoms with Crippen molar-refractivity contribution in [2.45, 2.75) is 38.6 Å². The van der Waals surface area contributed by atoms with Gasteiger partial charge in [-0.3, -0.25) is 0 Å². The van der Waals surface area contributed by atoms with Crippen molar-refractivity contribution >= 4 is 0 Å². The summed E-state index contributed by atoms with van der Waals surface area (Å²) in [5, 5.41) is 3.54. The maximum Gasteiger partial charge on any atom is 0.104 e. The van der Waals surface area contributed by atoms with Crippen LogP contribution in [0.5, 0.6) is 0 Å². The molecule has 0 aliphatic carbocycles. The van der Waals surface area contributed by atoms with Crippen LogP contribution < -0.4 is 5.32 Å². The molecule has 1 saturated heterocycles. The first-order chi connectivity index (χ1) is 6.66. The molecule has 1 aliphatic heterocycles. The van der Waals surface area contributed by atoms with E-state index in [1.807, 2.05) is 6.07 Å². The van der Waals surface area contributed by atoms with E-state index in [1.54, 1.807) is 6.26 Å². The second kappa shape index (κ2) is 3.77. The Labute approximate surface area is 85.7 Å². The van der Waals surface area contributed by atoms with Gasteiger partial charge in [-0.1, -0.05) is 0 Å². The molecule has 2 heteroatoms. The summed E-state index contributed by atoms with van der Waals surface area (Å²) in [4.78, 5) is 0. The third kappa shape index (κ3) is 2.38. The Morgan fingerprint density at radius 2 is 2.43 bits per heavy atom. The molecule has 2 rings (SSSR count). The lowest BCUT2D eigenvalue weighted by molar-refractivity contribution is 0.223. The van der Waals surface area contributed by atoms with Gasteiger partial charge in [-0.15, -0.1) is 0 Å². The Morgan fingerprint density at radius 3 is 3.07 bits per heavy atom. The molecule has 1 atom stereocenters. The van der Waals surface area contributed by atoms with Gasteiger partial charge in [0.15, 0.2) is 0 Å². The van der Waals surface area contributed by atoms with Gasteiger partial charge in [0, 0.05) is 12.0 Å². The lowest BCUT2D eigenvalue weighted by Crippen LogP contribution is -2.46. The fourth-order valence-corrected chi connectivity index (χ4v) is 2.40. The van der Waals surface area contributed by atoms with Crippen molar-refractivity contribution in [3.8, 4) is 0 Å². The Balaban J connectivity index is 1.92. The highest BCUT2D eigenvalue weighted by Crippen LogP contribution is 2.26. The molecule has 78 valence electrons. The highest BCUT2D eigenvalue weighted by atomic mass is 16.3. The van der Waals surface area contributed by atoms with Crippen LogP contribution in [0.1, 0.15) is 32.4 Å². The Bertz CT molecular complexity index is 277. The zero-order chi connectivity index (χ0) is 10.0. The SMILES string of the molecule is CC1(C)CC(Cc2ccco2)CCN1. The molecule has 1 aromatic heterocycles. The maximum atomic E-state index is 5.38. The maximum absolute atomic E-state index is 5.38. The predicted octanol–water partition coefficient (Wildman–Crippen LogP) is 2.60. The number of furan rings is 1. The molecular weight excluding hydrogens is 174 g/mol. The fourth-order valence-electron chi connectivity index (χ4n) is 2.40. The molecule has 0 radical (unpaired) electrons. The standard InChI is InChI=1S/C12H19NO/c1-12(2)9-10(5-6-13-12)8-11-4-3-7-14-11/h3-4,7,10,13H,5-6,8-9H2,1-2H3. The summed E-state index contributed by atoms with van der Waals surface area (Å²) < 4.78 is 5.38. The number of piperidine rings is 1. The number of rotatable bonds is 2. The monoisotopic (exact) mass is 193 g/mol. The van der Waals surface area contributed by atoms with Crippen molar-refractivity contribution in [1.29, 1.82) is 0 Å². The Morgan fingerprint density at radius 1 is 1.57 bits per heavy atom. The highest BCUT2D eigenvalue weighted by molar-refractivity contribution is 5.01. The van der Waals surface area contributed by atoms with E-state index >= 15 is 0 Å². The van der Waals surface area contributed by atoms with Crippen LogP contribution in [-0.2, 0) is 6.42 Å². The van der Waals surface area contributed by atoms with Crippen LogP contribution in [0.4, 0.5) is 0 Å². The van der Waals surface area contributed by atoms with Crippen molar-refractivity contribution in [3.63, 3.8) is 0 Å². The average molecular weight is 193 g/mol. The molecule has 1 aliphatic rings. The van der Waals surface area contributed by atoms with Crippen LogP contribution >= 0.6 is 0 Å². The number of hydrogen-bond acceptors (Lipinski definition) is 2. The summed E-state index contributed by atoms with van der Waals surface area (Å²) in [6.45, 7) is 5.70. The predicted molar refractivity (Wildman–Crippen MR) is 57.2 cm³/mol. The van der Waals surface area contributed by atoms with Gasteiger partial charge in [0.2, 0.25) is 0 Å². The van der Waals surface area contributed by atoms with Gasteiger partial charge in [0.05, 0.1) is 6.26 Å². The summed E-state index contributed by atoms with van der Waals surface area (Å²) in [5.74, 6) is 1.91. The van der Waals surface area contributed by atoms with Gasteiger partial charge in [-0.25, -0.2) is 0 Å². The molecule has 2 nitrogen and oxygen atoms in total. The molecule has 0 spiro atoms. The topological polar surface area (TPSA) is 25.2 Å². The minimum absolute atomic E-state index is 0.301. The first kappa shape index (κ1) is 9.78. The second-order valence-corrected chi connectivity index (χ2v) is 4.95. The quantitative estimate of drug-likeness (QED) is 0.781. The molecule has 0 aromatic carbocycles. The van der Waals surface area contributed by atoms with E-state index in [2.05, 4.69) is 25.2 Å². The van der Waals surface area contributed by atoms with Crippen molar-refractivity contribution in [2.75, 3.05) is 6.54 Å². The first-order valence-electron chi connectivity index (χ1n) is 5.43. The Kier molecular flexibility index (Phi) is 2.64. The highest BCUT2D eigenvalue weighted by Gasteiger charge is 2.27. The van der Waals surface area contributed by atoms with Gasteiger partial charge >= 0.3 is 0 Å². The first-order valence-corrected chi connectivity index (χ1v) is 5.43. The molecule has 1 aromatic rings. The van der Waals surface area contributed by atoms with E-state index in [9.17, 15) is 0 Å². The van der Waals surface area contributed by atoms with Crippen molar-refractivity contribution < 1.29 is 4.42 Å². The fraction of sp³-hybridized carbons (Fsp3) is 0.667. The summed E-state index contributed by atoms with van der Waals surface area (Å²) in [6, 6.07) is 4.05. The van der Waals surface area contributed by atoms with Crippen LogP contribution in [-0.4, -0.2) is 12.1 Å². The number of hydrogen-bond donors (Lipinski definition) is 1. The van der Waals surface area contributed by atoms with Crippen LogP contribution in [0.2, 0.25) is 0 Å². The summed E-state index contributed by atoms with van der Waals surface area (Å²) in [6.07, 6.45) is 5.37. The van der Waals surface area contributed by atoms with Gasteiger partial charge in [0.25, 0.3) is 0 Å². The molecule has 1 N–H and O–H groups in total. The number of nitrogens with one attached hydrogen (secondary N) is 1. The molecule has 2 heterocycles.